The van der Waals surface area contributed by atoms with Gasteiger partial charge in [0.25, 0.3) is 0 Å². The number of ether oxygens (including phenoxy) is 1. The number of hydrogen-bond acceptors (Lipinski definition) is 3. The van der Waals surface area contributed by atoms with Gasteiger partial charge in [0, 0.05) is 0 Å². The highest BCUT2D eigenvalue weighted by atomic mass is 16.6. The predicted molar refractivity (Wildman–Crippen MR) is 69.6 cm³/mol. The van der Waals surface area contributed by atoms with E-state index in [1.54, 1.807) is 30.5 Å². The van der Waals surface area contributed by atoms with Crippen LogP contribution in [0.15, 0.2) is 65.8 Å². The van der Waals surface area contributed by atoms with E-state index < -0.39 is 6.09 Å². The average Bonchev–Trinajstić information content (AvgIpc) is 2.41. The van der Waals surface area contributed by atoms with Gasteiger partial charge in [0.2, 0.25) is 0 Å². The standard InChI is InChI=1S/C14H12N2O2/c17-14(18-13-9-5-2-6-10-13)16-15-11-12-7-3-1-4-8-12/h1-11H,(H,16,17). The van der Waals surface area contributed by atoms with Crippen LogP contribution in [0, 0.1) is 0 Å². The third-order valence-electron chi connectivity index (χ3n) is 2.12. The molecule has 2 aromatic carbocycles. The van der Waals surface area contributed by atoms with Crippen molar-refractivity contribution < 1.29 is 9.53 Å². The van der Waals surface area contributed by atoms with Gasteiger partial charge in [-0.15, -0.1) is 0 Å². The van der Waals surface area contributed by atoms with Crippen LogP contribution in [0.1, 0.15) is 5.56 Å². The zero-order chi connectivity index (χ0) is 12.6. The van der Waals surface area contributed by atoms with Crippen molar-refractivity contribution in [2.45, 2.75) is 0 Å². The van der Waals surface area contributed by atoms with Crippen molar-refractivity contribution in [1.29, 1.82) is 0 Å². The number of rotatable bonds is 3. The van der Waals surface area contributed by atoms with Gasteiger partial charge in [-0.1, -0.05) is 48.5 Å². The molecule has 0 aromatic heterocycles. The Kier molecular flexibility index (Phi) is 4.08. The first-order chi connectivity index (χ1) is 8.84. The van der Waals surface area contributed by atoms with Crippen molar-refractivity contribution in [2.24, 2.45) is 5.10 Å². The number of hydrogen-bond donors (Lipinski definition) is 1. The lowest BCUT2D eigenvalue weighted by Crippen LogP contribution is -2.21. The number of amides is 1. The normalized spacial score (nSPS) is 10.2. The molecule has 4 heteroatoms. The first-order valence-corrected chi connectivity index (χ1v) is 5.45. The monoisotopic (exact) mass is 240 g/mol. The maximum absolute atomic E-state index is 11.4. The Balaban J connectivity index is 1.84. The van der Waals surface area contributed by atoms with E-state index >= 15 is 0 Å². The molecule has 0 fully saturated rings. The lowest BCUT2D eigenvalue weighted by molar-refractivity contribution is 0.201. The summed E-state index contributed by atoms with van der Waals surface area (Å²) >= 11 is 0. The van der Waals surface area contributed by atoms with E-state index in [2.05, 4.69) is 10.5 Å². The Morgan fingerprint density at radius 2 is 1.61 bits per heavy atom. The second-order valence-electron chi connectivity index (χ2n) is 3.48. The smallest absolute Gasteiger partial charge is 0.409 e. The molecule has 0 heterocycles. The molecule has 0 spiro atoms. The van der Waals surface area contributed by atoms with Crippen molar-refractivity contribution >= 4 is 12.3 Å². The molecule has 4 nitrogen and oxygen atoms in total. The predicted octanol–water partition coefficient (Wildman–Crippen LogP) is 2.81. The minimum Gasteiger partial charge on any atom is -0.409 e. The van der Waals surface area contributed by atoms with Gasteiger partial charge in [-0.05, 0) is 17.7 Å². The van der Waals surface area contributed by atoms with E-state index in [0.717, 1.165) is 5.56 Å². The van der Waals surface area contributed by atoms with E-state index in [9.17, 15) is 4.79 Å². The van der Waals surface area contributed by atoms with Crippen LogP contribution in [0.5, 0.6) is 5.75 Å². The summed E-state index contributed by atoms with van der Waals surface area (Å²) in [5, 5.41) is 3.79. The summed E-state index contributed by atoms with van der Waals surface area (Å²) in [6.07, 6.45) is 0.931. The fraction of sp³-hybridized carbons (Fsp3) is 0. The Hall–Kier alpha value is -2.62. The molecular weight excluding hydrogens is 228 g/mol. The Bertz CT molecular complexity index is 524. The van der Waals surface area contributed by atoms with Gasteiger partial charge >= 0.3 is 6.09 Å². The molecule has 0 unspecified atom stereocenters. The van der Waals surface area contributed by atoms with Crippen molar-refractivity contribution in [3.05, 3.63) is 66.2 Å². The summed E-state index contributed by atoms with van der Waals surface area (Å²) in [5.41, 5.74) is 3.19. The topological polar surface area (TPSA) is 50.7 Å². The zero-order valence-electron chi connectivity index (χ0n) is 9.61. The van der Waals surface area contributed by atoms with Crippen LogP contribution in [0.4, 0.5) is 4.79 Å². The second kappa shape index (κ2) is 6.20. The number of nitrogens with zero attached hydrogens (tertiary/aromatic N) is 1. The Morgan fingerprint density at radius 3 is 2.28 bits per heavy atom. The van der Waals surface area contributed by atoms with Gasteiger partial charge in [-0.3, -0.25) is 0 Å². The molecule has 0 saturated heterocycles. The third kappa shape index (κ3) is 3.75. The molecule has 1 amide bonds. The Morgan fingerprint density at radius 1 is 1.00 bits per heavy atom. The number of nitrogens with one attached hydrogen (secondary N) is 1. The highest BCUT2D eigenvalue weighted by Crippen LogP contribution is 2.07. The van der Waals surface area contributed by atoms with Gasteiger partial charge in [-0.2, -0.15) is 5.10 Å². The quantitative estimate of drug-likeness (QED) is 0.662. The molecule has 0 atom stereocenters. The van der Waals surface area contributed by atoms with E-state index in [4.69, 9.17) is 4.74 Å². The molecular formula is C14H12N2O2. The zero-order valence-corrected chi connectivity index (χ0v) is 9.61. The number of carbonyl (C=O) groups is 1. The average molecular weight is 240 g/mol. The molecule has 1 N–H and O–H groups in total. The van der Waals surface area contributed by atoms with E-state index in [0.29, 0.717) is 5.75 Å². The highest BCUT2D eigenvalue weighted by molar-refractivity contribution is 5.80. The van der Waals surface area contributed by atoms with Crippen LogP contribution in [-0.2, 0) is 0 Å². The molecule has 90 valence electrons. The fourth-order valence-electron chi connectivity index (χ4n) is 1.32. The lowest BCUT2D eigenvalue weighted by Gasteiger charge is -2.01. The van der Waals surface area contributed by atoms with Crippen molar-refractivity contribution in [3.63, 3.8) is 0 Å². The second-order valence-corrected chi connectivity index (χ2v) is 3.48. The maximum Gasteiger partial charge on any atom is 0.433 e. The van der Waals surface area contributed by atoms with E-state index in [1.165, 1.54) is 0 Å². The van der Waals surface area contributed by atoms with Crippen molar-refractivity contribution in [1.82, 2.24) is 5.43 Å². The van der Waals surface area contributed by atoms with E-state index in [1.807, 2.05) is 36.4 Å². The summed E-state index contributed by atoms with van der Waals surface area (Å²) in [6, 6.07) is 18.3. The SMILES string of the molecule is O=C(NN=Cc1ccccc1)Oc1ccccc1. The summed E-state index contributed by atoms with van der Waals surface area (Å²) in [4.78, 5) is 11.4. The molecule has 2 aromatic rings. The summed E-state index contributed by atoms with van der Waals surface area (Å²) in [7, 11) is 0. The number of para-hydroxylation sites is 1. The van der Waals surface area contributed by atoms with Gasteiger partial charge < -0.3 is 4.74 Å². The lowest BCUT2D eigenvalue weighted by atomic mass is 10.2. The van der Waals surface area contributed by atoms with Crippen LogP contribution >= 0.6 is 0 Å². The molecule has 2 rings (SSSR count). The number of carbonyl (C=O) groups excluding carboxylic acids is 1. The summed E-state index contributed by atoms with van der Waals surface area (Å²) in [6.45, 7) is 0. The molecule has 0 aliphatic rings. The minimum absolute atomic E-state index is 0.477. The highest BCUT2D eigenvalue weighted by Gasteiger charge is 2.00. The van der Waals surface area contributed by atoms with Crippen LogP contribution < -0.4 is 10.2 Å². The van der Waals surface area contributed by atoms with Crippen LogP contribution in [-0.4, -0.2) is 12.3 Å². The van der Waals surface area contributed by atoms with E-state index in [-0.39, 0.29) is 0 Å². The summed E-state index contributed by atoms with van der Waals surface area (Å²) < 4.78 is 4.99. The van der Waals surface area contributed by atoms with Gasteiger partial charge in [0.05, 0.1) is 6.21 Å². The first kappa shape index (κ1) is 11.9. The maximum atomic E-state index is 11.4. The third-order valence-corrected chi connectivity index (χ3v) is 2.12. The van der Waals surface area contributed by atoms with Gasteiger partial charge in [0.1, 0.15) is 5.75 Å². The molecule has 0 aliphatic carbocycles. The Labute approximate surface area is 105 Å². The van der Waals surface area contributed by atoms with Crippen LogP contribution in [0.2, 0.25) is 0 Å². The number of benzene rings is 2. The minimum atomic E-state index is -0.617. The molecule has 18 heavy (non-hydrogen) atoms. The molecule has 0 bridgehead atoms. The van der Waals surface area contributed by atoms with Crippen LogP contribution in [0.25, 0.3) is 0 Å². The summed E-state index contributed by atoms with van der Waals surface area (Å²) in [5.74, 6) is 0.477. The number of hydrazone groups is 1. The largest absolute Gasteiger partial charge is 0.433 e. The van der Waals surface area contributed by atoms with Crippen molar-refractivity contribution in [2.75, 3.05) is 0 Å². The van der Waals surface area contributed by atoms with Gasteiger partial charge in [-0.25, -0.2) is 10.2 Å². The molecule has 0 aliphatic heterocycles. The van der Waals surface area contributed by atoms with Crippen molar-refractivity contribution in [3.8, 4) is 5.75 Å². The van der Waals surface area contributed by atoms with Gasteiger partial charge in [0.15, 0.2) is 0 Å². The molecule has 0 radical (unpaired) electrons. The first-order valence-electron chi connectivity index (χ1n) is 5.45. The van der Waals surface area contributed by atoms with Crippen LogP contribution in [0.3, 0.4) is 0 Å². The molecule has 0 saturated carbocycles. The fourth-order valence-corrected chi connectivity index (χ4v) is 1.32.